The van der Waals surface area contributed by atoms with Crippen molar-refractivity contribution in [1.29, 1.82) is 0 Å². The Morgan fingerprint density at radius 1 is 1.31 bits per heavy atom. The summed E-state index contributed by atoms with van der Waals surface area (Å²) >= 11 is 0. The second-order valence-corrected chi connectivity index (χ2v) is 8.11. The summed E-state index contributed by atoms with van der Waals surface area (Å²) < 4.78 is 5.73. The molecule has 0 bridgehead atoms. The summed E-state index contributed by atoms with van der Waals surface area (Å²) in [5, 5.41) is 3.33. The van der Waals surface area contributed by atoms with Crippen LogP contribution in [0.5, 0.6) is 0 Å². The van der Waals surface area contributed by atoms with E-state index >= 15 is 0 Å². The molecule has 160 valence electrons. The quantitative estimate of drug-likeness (QED) is 0.373. The zero-order chi connectivity index (χ0) is 20.5. The zero-order valence-electron chi connectivity index (χ0n) is 18.0. The normalized spacial score (nSPS) is 16.5. The van der Waals surface area contributed by atoms with Gasteiger partial charge in [0.15, 0.2) is 5.96 Å². The molecule has 1 aromatic carbocycles. The van der Waals surface area contributed by atoms with E-state index in [0.717, 1.165) is 64.1 Å². The molecule has 1 N–H and O–H groups in total. The van der Waals surface area contributed by atoms with Gasteiger partial charge in [0.05, 0.1) is 6.61 Å². The maximum absolute atomic E-state index is 12.6. The summed E-state index contributed by atoms with van der Waals surface area (Å²) in [5.41, 5.74) is 2.66. The number of benzene rings is 1. The molecule has 1 amide bonds. The molecule has 1 saturated carbocycles. The van der Waals surface area contributed by atoms with Gasteiger partial charge in [0.25, 0.3) is 0 Å². The Bertz CT molecular complexity index is 687. The molecule has 3 rings (SSSR count). The first-order valence-corrected chi connectivity index (χ1v) is 11.1. The minimum Gasteiger partial charge on any atom is -0.379 e. The highest BCUT2D eigenvalue weighted by Crippen LogP contribution is 2.28. The van der Waals surface area contributed by atoms with Gasteiger partial charge >= 0.3 is 0 Å². The number of hydrogen-bond donors (Lipinski definition) is 1. The molecule has 1 aliphatic heterocycles. The van der Waals surface area contributed by atoms with Gasteiger partial charge in [-0.1, -0.05) is 24.3 Å². The maximum atomic E-state index is 12.6. The van der Waals surface area contributed by atoms with E-state index in [-0.39, 0.29) is 5.91 Å². The molecule has 0 spiro atoms. The maximum Gasteiger partial charge on any atom is 0.222 e. The van der Waals surface area contributed by atoms with Crippen molar-refractivity contribution in [3.8, 4) is 0 Å². The number of ether oxygens (including phenoxy) is 1. The lowest BCUT2D eigenvalue weighted by atomic mass is 9.99. The number of rotatable bonds is 10. The summed E-state index contributed by atoms with van der Waals surface area (Å²) in [5.74, 6) is 1.93. The van der Waals surface area contributed by atoms with Crippen LogP contribution in [0.3, 0.4) is 0 Å². The monoisotopic (exact) mass is 400 g/mol. The Morgan fingerprint density at radius 3 is 2.86 bits per heavy atom. The Kier molecular flexibility index (Phi) is 8.35. The van der Waals surface area contributed by atoms with Gasteiger partial charge in [0.1, 0.15) is 0 Å². The SMILES string of the molecule is CCNC(=NCCCC(=O)N1CCc2ccccc2C1)N(C)CCOCC1CC1. The van der Waals surface area contributed by atoms with Gasteiger partial charge in [-0.25, -0.2) is 0 Å². The molecule has 1 heterocycles. The lowest BCUT2D eigenvalue weighted by Crippen LogP contribution is -2.40. The lowest BCUT2D eigenvalue weighted by Gasteiger charge is -2.29. The number of amides is 1. The molecular weight excluding hydrogens is 364 g/mol. The largest absolute Gasteiger partial charge is 0.379 e. The molecule has 6 heteroatoms. The van der Waals surface area contributed by atoms with Crippen LogP contribution in [0.2, 0.25) is 0 Å². The first-order valence-electron chi connectivity index (χ1n) is 11.1. The number of fused-ring (bicyclic) bond motifs is 1. The minimum absolute atomic E-state index is 0.238. The van der Waals surface area contributed by atoms with Crippen LogP contribution in [-0.4, -0.2) is 68.1 Å². The minimum atomic E-state index is 0.238. The highest BCUT2D eigenvalue weighted by atomic mass is 16.5. The van der Waals surface area contributed by atoms with Crippen molar-refractivity contribution in [2.75, 3.05) is 46.4 Å². The van der Waals surface area contributed by atoms with Crippen molar-refractivity contribution in [3.63, 3.8) is 0 Å². The first-order chi connectivity index (χ1) is 14.2. The van der Waals surface area contributed by atoms with Crippen LogP contribution in [0.1, 0.15) is 43.7 Å². The van der Waals surface area contributed by atoms with Gasteiger partial charge in [-0.2, -0.15) is 0 Å². The number of nitrogens with zero attached hydrogens (tertiary/aromatic N) is 3. The summed E-state index contributed by atoms with van der Waals surface area (Å²) in [4.78, 5) is 21.4. The molecule has 1 fully saturated rings. The third kappa shape index (κ3) is 7.03. The summed E-state index contributed by atoms with van der Waals surface area (Å²) in [6, 6.07) is 8.43. The van der Waals surface area contributed by atoms with Crippen molar-refractivity contribution in [3.05, 3.63) is 35.4 Å². The third-order valence-electron chi connectivity index (χ3n) is 5.61. The number of aliphatic imine (C=N–C) groups is 1. The number of carbonyl (C=O) groups excluding carboxylic acids is 1. The van der Waals surface area contributed by atoms with E-state index in [1.54, 1.807) is 0 Å². The van der Waals surface area contributed by atoms with Gasteiger partial charge in [-0.15, -0.1) is 0 Å². The molecule has 29 heavy (non-hydrogen) atoms. The number of hydrogen-bond acceptors (Lipinski definition) is 3. The van der Waals surface area contributed by atoms with Crippen molar-refractivity contribution in [2.45, 2.75) is 45.6 Å². The number of carbonyl (C=O) groups is 1. The average molecular weight is 401 g/mol. The molecule has 0 saturated heterocycles. The molecule has 0 radical (unpaired) electrons. The van der Waals surface area contributed by atoms with E-state index in [1.807, 2.05) is 11.9 Å². The van der Waals surface area contributed by atoms with Gasteiger partial charge in [0.2, 0.25) is 5.91 Å². The van der Waals surface area contributed by atoms with Crippen LogP contribution in [0.15, 0.2) is 29.3 Å². The van der Waals surface area contributed by atoms with E-state index < -0.39 is 0 Å². The first kappa shape index (κ1) is 21.6. The Hall–Kier alpha value is -2.08. The fraction of sp³-hybridized carbons (Fsp3) is 0.652. The fourth-order valence-corrected chi connectivity index (χ4v) is 3.59. The van der Waals surface area contributed by atoms with E-state index in [4.69, 9.17) is 9.73 Å². The van der Waals surface area contributed by atoms with Crippen LogP contribution in [0, 0.1) is 5.92 Å². The molecule has 6 nitrogen and oxygen atoms in total. The highest BCUT2D eigenvalue weighted by Gasteiger charge is 2.21. The molecule has 0 unspecified atom stereocenters. The van der Waals surface area contributed by atoms with Crippen molar-refractivity contribution >= 4 is 11.9 Å². The third-order valence-corrected chi connectivity index (χ3v) is 5.61. The van der Waals surface area contributed by atoms with Crippen LogP contribution in [-0.2, 0) is 22.5 Å². The summed E-state index contributed by atoms with van der Waals surface area (Å²) in [7, 11) is 2.04. The van der Waals surface area contributed by atoms with E-state index in [1.165, 1.54) is 24.0 Å². The fourth-order valence-electron chi connectivity index (χ4n) is 3.59. The molecule has 2 aliphatic rings. The van der Waals surface area contributed by atoms with E-state index in [0.29, 0.717) is 13.0 Å². The van der Waals surface area contributed by atoms with Crippen LogP contribution >= 0.6 is 0 Å². The molecule has 0 atom stereocenters. The van der Waals surface area contributed by atoms with Gasteiger partial charge in [0, 0.05) is 52.8 Å². The summed E-state index contributed by atoms with van der Waals surface area (Å²) in [6.07, 6.45) is 4.93. The van der Waals surface area contributed by atoms with Gasteiger partial charge in [-0.3, -0.25) is 9.79 Å². The van der Waals surface area contributed by atoms with E-state index in [9.17, 15) is 4.79 Å². The van der Waals surface area contributed by atoms with Gasteiger partial charge in [-0.05, 0) is 49.7 Å². The Labute approximate surface area is 175 Å². The smallest absolute Gasteiger partial charge is 0.222 e. The Morgan fingerprint density at radius 2 is 2.10 bits per heavy atom. The standard InChI is InChI=1S/C23H36N4O2/c1-3-24-23(26(2)15-16-29-18-19-10-11-19)25-13-6-9-22(28)27-14-12-20-7-4-5-8-21(20)17-27/h4-5,7-8,19H,3,6,9-18H2,1-2H3,(H,24,25). The molecule has 0 aromatic heterocycles. The molecular formula is C23H36N4O2. The van der Waals surface area contributed by atoms with E-state index in [2.05, 4.69) is 41.4 Å². The number of guanidine groups is 1. The topological polar surface area (TPSA) is 57.2 Å². The van der Waals surface area contributed by atoms with Crippen molar-refractivity contribution in [2.24, 2.45) is 10.9 Å². The number of likely N-dealkylation sites (N-methyl/N-ethyl adjacent to an activating group) is 1. The van der Waals surface area contributed by atoms with Crippen molar-refractivity contribution in [1.82, 2.24) is 15.1 Å². The van der Waals surface area contributed by atoms with Gasteiger partial charge < -0.3 is 19.9 Å². The molecule has 1 aliphatic carbocycles. The summed E-state index contributed by atoms with van der Waals surface area (Å²) in [6.45, 7) is 7.58. The van der Waals surface area contributed by atoms with Crippen LogP contribution < -0.4 is 5.32 Å². The second kappa shape index (κ2) is 11.2. The average Bonchev–Trinajstić information content (AvgIpc) is 3.57. The molecule has 1 aromatic rings. The predicted octanol–water partition coefficient (Wildman–Crippen LogP) is 2.68. The zero-order valence-corrected chi connectivity index (χ0v) is 18.0. The Balaban J connectivity index is 1.37. The number of nitrogens with one attached hydrogen (secondary N) is 1. The van der Waals surface area contributed by atoms with Crippen LogP contribution in [0.25, 0.3) is 0 Å². The van der Waals surface area contributed by atoms with Crippen LogP contribution in [0.4, 0.5) is 0 Å². The second-order valence-electron chi connectivity index (χ2n) is 8.11. The predicted molar refractivity (Wildman–Crippen MR) is 117 cm³/mol. The van der Waals surface area contributed by atoms with Crippen molar-refractivity contribution < 1.29 is 9.53 Å². The lowest BCUT2D eigenvalue weighted by molar-refractivity contribution is -0.132. The highest BCUT2D eigenvalue weighted by molar-refractivity contribution is 5.80.